The number of amides is 1. The van der Waals surface area contributed by atoms with Gasteiger partial charge in [-0.05, 0) is 18.6 Å². The van der Waals surface area contributed by atoms with E-state index in [-0.39, 0.29) is 17.6 Å². The normalized spacial score (nSPS) is 15.0. The molecule has 24 heavy (non-hydrogen) atoms. The highest BCUT2D eigenvalue weighted by Crippen LogP contribution is 2.20. The molecule has 4 nitrogen and oxygen atoms in total. The van der Waals surface area contributed by atoms with Crippen molar-refractivity contribution in [1.29, 1.82) is 0 Å². The molecule has 1 heterocycles. The van der Waals surface area contributed by atoms with Gasteiger partial charge in [-0.1, -0.05) is 45.7 Å². The van der Waals surface area contributed by atoms with E-state index in [4.69, 9.17) is 0 Å². The third kappa shape index (κ3) is 4.83. The number of rotatable bonds is 7. The average Bonchev–Trinajstić information content (AvgIpc) is 2.61. The van der Waals surface area contributed by atoms with Crippen LogP contribution in [0.2, 0.25) is 0 Å². The number of benzene rings is 1. The fraction of sp³-hybridized carbons (Fsp3) is 0.600. The average molecular weight is 330 g/mol. The standard InChI is InChI=1S/C20H30N2O2/c1-4-5-6-10-19(23)22-13-11-21(12-14-22)18-9-7-8-17(15-18)20(24)16(2)3/h7-9,15-16H,4-6,10-14H2,1-3H3. The Morgan fingerprint density at radius 3 is 2.42 bits per heavy atom. The number of ketones is 1. The maximum atomic E-state index is 12.2. The molecule has 1 aromatic rings. The molecule has 0 saturated carbocycles. The van der Waals surface area contributed by atoms with Gasteiger partial charge >= 0.3 is 0 Å². The largest absolute Gasteiger partial charge is 0.368 e. The Kier molecular flexibility index (Phi) is 6.83. The molecule has 1 fully saturated rings. The molecule has 1 aliphatic rings. The van der Waals surface area contributed by atoms with Crippen LogP contribution in [0.5, 0.6) is 0 Å². The van der Waals surface area contributed by atoms with Crippen LogP contribution in [0.1, 0.15) is 56.8 Å². The lowest BCUT2D eigenvalue weighted by atomic mass is 10.0. The first-order valence-corrected chi connectivity index (χ1v) is 9.20. The number of carbonyl (C=O) groups is 2. The lowest BCUT2D eigenvalue weighted by Gasteiger charge is -2.36. The summed E-state index contributed by atoms with van der Waals surface area (Å²) >= 11 is 0. The van der Waals surface area contributed by atoms with Gasteiger partial charge in [-0.2, -0.15) is 0 Å². The van der Waals surface area contributed by atoms with Gasteiger partial charge in [0.25, 0.3) is 0 Å². The molecule has 1 aliphatic heterocycles. The predicted octanol–water partition coefficient (Wildman–Crippen LogP) is 3.75. The number of nitrogens with zero attached hydrogens (tertiary/aromatic N) is 2. The lowest BCUT2D eigenvalue weighted by Crippen LogP contribution is -2.48. The topological polar surface area (TPSA) is 40.6 Å². The number of carbonyl (C=O) groups excluding carboxylic acids is 2. The zero-order valence-electron chi connectivity index (χ0n) is 15.3. The van der Waals surface area contributed by atoms with E-state index < -0.39 is 0 Å². The number of unbranched alkanes of at least 4 members (excludes halogenated alkanes) is 2. The smallest absolute Gasteiger partial charge is 0.222 e. The number of piperazine rings is 1. The van der Waals surface area contributed by atoms with Crippen molar-refractivity contribution in [1.82, 2.24) is 4.90 Å². The van der Waals surface area contributed by atoms with Crippen molar-refractivity contribution < 1.29 is 9.59 Å². The minimum absolute atomic E-state index is 0.0119. The van der Waals surface area contributed by atoms with E-state index in [1.807, 2.05) is 36.9 Å². The first kappa shape index (κ1) is 18.5. The quantitative estimate of drug-likeness (QED) is 0.565. The van der Waals surface area contributed by atoms with Gasteiger partial charge in [0, 0.05) is 49.8 Å². The van der Waals surface area contributed by atoms with Crippen LogP contribution in [0.4, 0.5) is 5.69 Å². The summed E-state index contributed by atoms with van der Waals surface area (Å²) in [5.74, 6) is 0.478. The van der Waals surface area contributed by atoms with Crippen molar-refractivity contribution in [3.63, 3.8) is 0 Å². The highest BCUT2D eigenvalue weighted by molar-refractivity contribution is 5.98. The molecule has 1 aromatic carbocycles. The molecule has 1 saturated heterocycles. The summed E-state index contributed by atoms with van der Waals surface area (Å²) in [6, 6.07) is 7.88. The maximum absolute atomic E-state index is 12.2. The highest BCUT2D eigenvalue weighted by atomic mass is 16.2. The number of hydrogen-bond acceptors (Lipinski definition) is 3. The number of hydrogen-bond donors (Lipinski definition) is 0. The van der Waals surface area contributed by atoms with Crippen LogP contribution in [0.3, 0.4) is 0 Å². The molecule has 0 bridgehead atoms. The van der Waals surface area contributed by atoms with Crippen molar-refractivity contribution >= 4 is 17.4 Å². The highest BCUT2D eigenvalue weighted by Gasteiger charge is 2.21. The molecular formula is C20H30N2O2. The summed E-state index contributed by atoms with van der Waals surface area (Å²) in [6.45, 7) is 9.22. The first-order chi connectivity index (χ1) is 11.5. The molecule has 4 heteroatoms. The molecule has 2 rings (SSSR count). The van der Waals surface area contributed by atoms with E-state index in [0.717, 1.165) is 56.7 Å². The summed E-state index contributed by atoms with van der Waals surface area (Å²) < 4.78 is 0. The van der Waals surface area contributed by atoms with E-state index in [0.29, 0.717) is 6.42 Å². The van der Waals surface area contributed by atoms with Crippen molar-refractivity contribution in [3.05, 3.63) is 29.8 Å². The molecule has 0 N–H and O–H groups in total. The predicted molar refractivity (Wildman–Crippen MR) is 98.5 cm³/mol. The Hall–Kier alpha value is -1.84. The SMILES string of the molecule is CCCCCC(=O)N1CCN(c2cccc(C(=O)C(C)C)c2)CC1. The summed E-state index contributed by atoms with van der Waals surface area (Å²) in [5.41, 5.74) is 1.86. The Morgan fingerprint density at radius 2 is 1.79 bits per heavy atom. The summed E-state index contributed by atoms with van der Waals surface area (Å²) in [5, 5.41) is 0. The van der Waals surface area contributed by atoms with Crippen LogP contribution in [-0.2, 0) is 4.79 Å². The molecule has 0 atom stereocenters. The molecule has 0 unspecified atom stereocenters. The van der Waals surface area contributed by atoms with Gasteiger partial charge in [0.1, 0.15) is 0 Å². The van der Waals surface area contributed by atoms with Crippen molar-refractivity contribution in [3.8, 4) is 0 Å². The van der Waals surface area contributed by atoms with E-state index >= 15 is 0 Å². The van der Waals surface area contributed by atoms with Gasteiger partial charge in [0.2, 0.25) is 5.91 Å². The summed E-state index contributed by atoms with van der Waals surface area (Å²) in [4.78, 5) is 28.6. The maximum Gasteiger partial charge on any atom is 0.222 e. The monoisotopic (exact) mass is 330 g/mol. The van der Waals surface area contributed by atoms with E-state index in [1.165, 1.54) is 0 Å². The molecule has 0 aliphatic carbocycles. The van der Waals surface area contributed by atoms with Crippen molar-refractivity contribution in [2.45, 2.75) is 46.5 Å². The minimum atomic E-state index is 0.0119. The third-order valence-electron chi connectivity index (χ3n) is 4.65. The van der Waals surface area contributed by atoms with Crippen molar-refractivity contribution in [2.75, 3.05) is 31.1 Å². The van der Waals surface area contributed by atoms with Crippen LogP contribution in [0.15, 0.2) is 24.3 Å². The van der Waals surface area contributed by atoms with E-state index in [9.17, 15) is 9.59 Å². The zero-order chi connectivity index (χ0) is 17.5. The van der Waals surface area contributed by atoms with Gasteiger partial charge in [0.05, 0.1) is 0 Å². The van der Waals surface area contributed by atoms with Gasteiger partial charge in [0.15, 0.2) is 5.78 Å². The van der Waals surface area contributed by atoms with Crippen LogP contribution >= 0.6 is 0 Å². The Labute approximate surface area is 145 Å². The molecule has 0 aromatic heterocycles. The third-order valence-corrected chi connectivity index (χ3v) is 4.65. The van der Waals surface area contributed by atoms with Crippen LogP contribution in [0.25, 0.3) is 0 Å². The molecular weight excluding hydrogens is 300 g/mol. The second-order valence-electron chi connectivity index (χ2n) is 6.89. The van der Waals surface area contributed by atoms with Crippen LogP contribution in [-0.4, -0.2) is 42.8 Å². The van der Waals surface area contributed by atoms with Crippen molar-refractivity contribution in [2.24, 2.45) is 5.92 Å². The van der Waals surface area contributed by atoms with Gasteiger partial charge in [-0.25, -0.2) is 0 Å². The molecule has 1 amide bonds. The molecule has 132 valence electrons. The van der Waals surface area contributed by atoms with E-state index in [2.05, 4.69) is 17.9 Å². The second kappa shape index (κ2) is 8.86. The minimum Gasteiger partial charge on any atom is -0.368 e. The van der Waals surface area contributed by atoms with E-state index in [1.54, 1.807) is 0 Å². The number of anilines is 1. The zero-order valence-corrected chi connectivity index (χ0v) is 15.3. The Bertz CT molecular complexity index is 561. The fourth-order valence-corrected chi connectivity index (χ4v) is 3.09. The van der Waals surface area contributed by atoms with Gasteiger partial charge in [-0.15, -0.1) is 0 Å². The molecule has 0 spiro atoms. The summed E-state index contributed by atoms with van der Waals surface area (Å²) in [7, 11) is 0. The number of Topliss-reactive ketones (excluding diaryl/α,β-unsaturated/α-hetero) is 1. The van der Waals surface area contributed by atoms with Gasteiger partial charge < -0.3 is 9.80 Å². The van der Waals surface area contributed by atoms with Crippen LogP contribution < -0.4 is 4.90 Å². The molecule has 0 radical (unpaired) electrons. The fourth-order valence-electron chi connectivity index (χ4n) is 3.09. The Balaban J connectivity index is 1.91. The second-order valence-corrected chi connectivity index (χ2v) is 6.89. The van der Waals surface area contributed by atoms with Crippen LogP contribution in [0, 0.1) is 5.92 Å². The summed E-state index contributed by atoms with van der Waals surface area (Å²) in [6.07, 6.45) is 3.94. The lowest BCUT2D eigenvalue weighted by molar-refractivity contribution is -0.131. The first-order valence-electron chi connectivity index (χ1n) is 9.20. The van der Waals surface area contributed by atoms with Gasteiger partial charge in [-0.3, -0.25) is 9.59 Å². The Morgan fingerprint density at radius 1 is 1.08 bits per heavy atom.